The number of carbonyl (C=O) groups is 2. The van der Waals surface area contributed by atoms with Crippen LogP contribution < -0.4 is 5.32 Å². The first-order valence-corrected chi connectivity index (χ1v) is 6.43. The molecule has 0 aliphatic rings. The van der Waals surface area contributed by atoms with Crippen LogP contribution in [0.3, 0.4) is 0 Å². The predicted octanol–water partition coefficient (Wildman–Crippen LogP) is 1.37. The van der Waals surface area contributed by atoms with Crippen molar-refractivity contribution in [3.63, 3.8) is 0 Å². The molecule has 1 N–H and O–H groups in total. The van der Waals surface area contributed by atoms with Crippen LogP contribution in [0.1, 0.15) is 18.4 Å². The van der Waals surface area contributed by atoms with Gasteiger partial charge in [-0.05, 0) is 19.1 Å². The lowest BCUT2D eigenvalue weighted by molar-refractivity contribution is -0.133. The molecule has 0 aliphatic heterocycles. The molecule has 2 rings (SSSR count). The number of aryl methyl sites for hydroxylation is 1. The van der Waals surface area contributed by atoms with Gasteiger partial charge in [-0.3, -0.25) is 14.6 Å². The molecule has 0 atom stereocenters. The van der Waals surface area contributed by atoms with Gasteiger partial charge >= 0.3 is 0 Å². The Kier molecular flexibility index (Phi) is 4.65. The van der Waals surface area contributed by atoms with Gasteiger partial charge in [-0.2, -0.15) is 0 Å². The van der Waals surface area contributed by atoms with Gasteiger partial charge in [0.05, 0.1) is 12.2 Å². The molecule has 0 bridgehead atoms. The van der Waals surface area contributed by atoms with Gasteiger partial charge in [0, 0.05) is 19.2 Å². The lowest BCUT2D eigenvalue weighted by Crippen LogP contribution is -2.36. The summed E-state index contributed by atoms with van der Waals surface area (Å²) < 4.78 is 4.86. The van der Waals surface area contributed by atoms with Crippen molar-refractivity contribution in [3.05, 3.63) is 41.9 Å². The first-order valence-electron chi connectivity index (χ1n) is 6.43. The topological polar surface area (TPSA) is 88.3 Å². The Balaban J connectivity index is 1.96. The molecule has 110 valence electrons. The predicted molar refractivity (Wildman–Crippen MR) is 75.2 cm³/mol. The SMILES string of the molecule is CC(=O)N(CC(=O)Nc1cc(C)on1)Cc1ccccn1. The summed E-state index contributed by atoms with van der Waals surface area (Å²) in [4.78, 5) is 29.1. The van der Waals surface area contributed by atoms with Gasteiger partial charge in [-0.1, -0.05) is 11.2 Å². The summed E-state index contributed by atoms with van der Waals surface area (Å²) in [5.41, 5.74) is 0.720. The molecule has 7 nitrogen and oxygen atoms in total. The van der Waals surface area contributed by atoms with Gasteiger partial charge in [-0.15, -0.1) is 0 Å². The molecule has 2 aromatic rings. The van der Waals surface area contributed by atoms with E-state index in [1.165, 1.54) is 11.8 Å². The molecule has 21 heavy (non-hydrogen) atoms. The van der Waals surface area contributed by atoms with E-state index in [0.717, 1.165) is 5.69 Å². The molecule has 0 saturated heterocycles. The molecule has 2 aromatic heterocycles. The van der Waals surface area contributed by atoms with Crippen LogP contribution in [0.5, 0.6) is 0 Å². The van der Waals surface area contributed by atoms with Crippen molar-refractivity contribution in [1.82, 2.24) is 15.0 Å². The molecule has 0 fully saturated rings. The van der Waals surface area contributed by atoms with E-state index >= 15 is 0 Å². The number of nitrogens with one attached hydrogen (secondary N) is 1. The largest absolute Gasteiger partial charge is 0.360 e. The summed E-state index contributed by atoms with van der Waals surface area (Å²) in [5.74, 6) is 0.391. The highest BCUT2D eigenvalue weighted by atomic mass is 16.5. The van der Waals surface area contributed by atoms with Crippen LogP contribution in [-0.2, 0) is 16.1 Å². The molecule has 0 spiro atoms. The average molecular weight is 288 g/mol. The second-order valence-corrected chi connectivity index (χ2v) is 4.57. The van der Waals surface area contributed by atoms with E-state index in [1.54, 1.807) is 31.3 Å². The smallest absolute Gasteiger partial charge is 0.245 e. The van der Waals surface area contributed by atoms with Gasteiger partial charge in [0.2, 0.25) is 11.8 Å². The van der Waals surface area contributed by atoms with Crippen LogP contribution in [0.2, 0.25) is 0 Å². The van der Waals surface area contributed by atoms with Crippen LogP contribution in [0, 0.1) is 6.92 Å². The number of carbonyl (C=O) groups excluding carboxylic acids is 2. The van der Waals surface area contributed by atoms with Crippen molar-refractivity contribution < 1.29 is 14.1 Å². The van der Waals surface area contributed by atoms with Crippen LogP contribution in [-0.4, -0.2) is 33.4 Å². The average Bonchev–Trinajstić information content (AvgIpc) is 2.84. The Morgan fingerprint density at radius 1 is 1.38 bits per heavy atom. The summed E-state index contributed by atoms with van der Waals surface area (Å²) in [7, 11) is 0. The van der Waals surface area contributed by atoms with E-state index in [0.29, 0.717) is 11.6 Å². The van der Waals surface area contributed by atoms with E-state index < -0.39 is 0 Å². The molecule has 7 heteroatoms. The molecular weight excluding hydrogens is 272 g/mol. The normalized spacial score (nSPS) is 10.2. The lowest BCUT2D eigenvalue weighted by Gasteiger charge is -2.19. The number of aromatic nitrogens is 2. The van der Waals surface area contributed by atoms with E-state index in [1.807, 2.05) is 6.07 Å². The minimum Gasteiger partial charge on any atom is -0.360 e. The minimum absolute atomic E-state index is 0.0716. The van der Waals surface area contributed by atoms with Gasteiger partial charge < -0.3 is 14.7 Å². The van der Waals surface area contributed by atoms with Crippen molar-refractivity contribution >= 4 is 17.6 Å². The molecule has 0 saturated carbocycles. The van der Waals surface area contributed by atoms with E-state index in [-0.39, 0.29) is 24.9 Å². The Labute approximate surface area is 121 Å². The first-order chi connectivity index (χ1) is 10.0. The summed E-state index contributed by atoms with van der Waals surface area (Å²) in [5, 5.41) is 6.24. The van der Waals surface area contributed by atoms with E-state index in [2.05, 4.69) is 15.5 Å². The third-order valence-corrected chi connectivity index (χ3v) is 2.75. The van der Waals surface area contributed by atoms with Gasteiger partial charge in [0.25, 0.3) is 0 Å². The van der Waals surface area contributed by atoms with Crippen LogP contribution in [0.4, 0.5) is 5.82 Å². The number of hydrogen-bond acceptors (Lipinski definition) is 5. The number of hydrogen-bond donors (Lipinski definition) is 1. The Morgan fingerprint density at radius 2 is 2.19 bits per heavy atom. The van der Waals surface area contributed by atoms with Crippen molar-refractivity contribution in [2.24, 2.45) is 0 Å². The van der Waals surface area contributed by atoms with E-state index in [9.17, 15) is 9.59 Å². The second-order valence-electron chi connectivity index (χ2n) is 4.57. The number of anilines is 1. The van der Waals surface area contributed by atoms with Crippen LogP contribution in [0.25, 0.3) is 0 Å². The zero-order valence-corrected chi connectivity index (χ0v) is 11.9. The molecule has 0 aliphatic carbocycles. The standard InChI is InChI=1S/C14H16N4O3/c1-10-7-13(17-21-10)16-14(20)9-18(11(2)19)8-12-5-3-4-6-15-12/h3-7H,8-9H2,1-2H3,(H,16,17,20). The molecule has 0 aromatic carbocycles. The lowest BCUT2D eigenvalue weighted by atomic mass is 10.3. The molecule has 2 heterocycles. The Bertz CT molecular complexity index is 624. The van der Waals surface area contributed by atoms with Gasteiger partial charge in [-0.25, -0.2) is 0 Å². The molecular formula is C14H16N4O3. The van der Waals surface area contributed by atoms with Gasteiger partial charge in [0.15, 0.2) is 5.82 Å². The second kappa shape index (κ2) is 6.65. The molecule has 0 radical (unpaired) electrons. The van der Waals surface area contributed by atoms with Gasteiger partial charge in [0.1, 0.15) is 12.3 Å². The monoisotopic (exact) mass is 288 g/mol. The molecule has 2 amide bonds. The third kappa shape index (κ3) is 4.41. The number of rotatable bonds is 5. The maximum absolute atomic E-state index is 11.9. The van der Waals surface area contributed by atoms with Crippen LogP contribution >= 0.6 is 0 Å². The maximum Gasteiger partial charge on any atom is 0.245 e. The minimum atomic E-state index is -0.338. The summed E-state index contributed by atoms with van der Waals surface area (Å²) >= 11 is 0. The van der Waals surface area contributed by atoms with Crippen molar-refractivity contribution in [1.29, 1.82) is 0 Å². The maximum atomic E-state index is 11.9. The fourth-order valence-corrected chi connectivity index (χ4v) is 1.75. The highest BCUT2D eigenvalue weighted by Gasteiger charge is 2.15. The van der Waals surface area contributed by atoms with Crippen molar-refractivity contribution in [2.45, 2.75) is 20.4 Å². The quantitative estimate of drug-likeness (QED) is 0.897. The number of nitrogens with zero attached hydrogens (tertiary/aromatic N) is 3. The van der Waals surface area contributed by atoms with E-state index in [4.69, 9.17) is 4.52 Å². The fraction of sp³-hybridized carbons (Fsp3) is 0.286. The van der Waals surface area contributed by atoms with Crippen molar-refractivity contribution in [2.75, 3.05) is 11.9 Å². The Morgan fingerprint density at radius 3 is 2.76 bits per heavy atom. The number of amides is 2. The van der Waals surface area contributed by atoms with Crippen LogP contribution in [0.15, 0.2) is 35.0 Å². The summed E-state index contributed by atoms with van der Waals surface area (Å²) in [6.07, 6.45) is 1.64. The Hall–Kier alpha value is -2.70. The zero-order valence-electron chi connectivity index (χ0n) is 11.9. The molecule has 0 unspecified atom stereocenters. The van der Waals surface area contributed by atoms with Crippen molar-refractivity contribution in [3.8, 4) is 0 Å². The third-order valence-electron chi connectivity index (χ3n) is 2.75. The summed E-state index contributed by atoms with van der Waals surface area (Å²) in [6, 6.07) is 7.03. The summed E-state index contributed by atoms with van der Waals surface area (Å²) in [6.45, 7) is 3.35. The fourth-order valence-electron chi connectivity index (χ4n) is 1.75. The first kappa shape index (κ1) is 14.7. The highest BCUT2D eigenvalue weighted by Crippen LogP contribution is 2.07. The number of pyridine rings is 1. The zero-order chi connectivity index (χ0) is 15.2. The highest BCUT2D eigenvalue weighted by molar-refractivity contribution is 5.93.